The van der Waals surface area contributed by atoms with Crippen LogP contribution in [0.25, 0.3) is 0 Å². The summed E-state index contributed by atoms with van der Waals surface area (Å²) in [4.78, 5) is 8.70. The van der Waals surface area contributed by atoms with Crippen LogP contribution in [0, 0.1) is 6.92 Å². The summed E-state index contributed by atoms with van der Waals surface area (Å²) in [5.74, 6) is 2.71. The van der Waals surface area contributed by atoms with Crippen LogP contribution in [0.15, 0.2) is 6.07 Å². The molecule has 1 N–H and O–H groups in total. The van der Waals surface area contributed by atoms with Crippen molar-refractivity contribution in [3.8, 4) is 0 Å². The summed E-state index contributed by atoms with van der Waals surface area (Å²) >= 11 is 1.74. The van der Waals surface area contributed by atoms with Crippen molar-refractivity contribution in [1.82, 2.24) is 9.97 Å². The lowest BCUT2D eigenvalue weighted by Crippen LogP contribution is -2.03. The molecule has 0 fully saturated rings. The van der Waals surface area contributed by atoms with E-state index in [1.165, 1.54) is 0 Å². The van der Waals surface area contributed by atoms with E-state index in [9.17, 15) is 0 Å². The van der Waals surface area contributed by atoms with E-state index in [0.717, 1.165) is 29.6 Å². The molecule has 1 aromatic rings. The maximum absolute atomic E-state index is 4.37. The van der Waals surface area contributed by atoms with Gasteiger partial charge in [0.25, 0.3) is 0 Å². The molecule has 0 saturated carbocycles. The zero-order valence-electron chi connectivity index (χ0n) is 8.29. The first-order valence-corrected chi connectivity index (χ1v) is 5.73. The molecule has 0 spiro atoms. The molecule has 3 nitrogen and oxygen atoms in total. The fraction of sp³-hybridized carbons (Fsp3) is 0.556. The number of rotatable bonds is 4. The molecule has 72 valence electrons. The van der Waals surface area contributed by atoms with Crippen molar-refractivity contribution < 1.29 is 0 Å². The molecule has 0 unspecified atom stereocenters. The van der Waals surface area contributed by atoms with E-state index < -0.39 is 0 Å². The maximum atomic E-state index is 4.37. The van der Waals surface area contributed by atoms with Crippen molar-refractivity contribution in [1.29, 1.82) is 0 Å². The van der Waals surface area contributed by atoms with E-state index in [0.29, 0.717) is 0 Å². The molecule has 0 aliphatic carbocycles. The Labute approximate surface area is 83.4 Å². The number of anilines is 1. The molecule has 0 aliphatic rings. The molecule has 0 atom stereocenters. The lowest BCUT2D eigenvalue weighted by Gasteiger charge is -2.05. The first-order chi connectivity index (χ1) is 6.26. The summed E-state index contributed by atoms with van der Waals surface area (Å²) in [5, 5.41) is 3.19. The van der Waals surface area contributed by atoms with Gasteiger partial charge >= 0.3 is 0 Å². The molecule has 4 heteroatoms. The van der Waals surface area contributed by atoms with E-state index in [1.54, 1.807) is 11.8 Å². The predicted molar refractivity (Wildman–Crippen MR) is 58.2 cm³/mol. The molecule has 13 heavy (non-hydrogen) atoms. The van der Waals surface area contributed by atoms with Crippen LogP contribution in [0.5, 0.6) is 0 Å². The number of nitrogens with one attached hydrogen (secondary N) is 1. The van der Waals surface area contributed by atoms with Gasteiger partial charge in [-0.3, -0.25) is 0 Å². The molecule has 1 rings (SSSR count). The molecule has 1 aromatic heterocycles. The third-order valence-electron chi connectivity index (χ3n) is 1.53. The number of thioether (sulfide) groups is 1. The number of hydrogen-bond acceptors (Lipinski definition) is 4. The summed E-state index contributed by atoms with van der Waals surface area (Å²) in [6, 6.07) is 1.97. The van der Waals surface area contributed by atoms with Crippen LogP contribution in [0.2, 0.25) is 0 Å². The van der Waals surface area contributed by atoms with E-state index in [1.807, 2.05) is 13.0 Å². The minimum atomic E-state index is 0.875. The summed E-state index contributed by atoms with van der Waals surface area (Å²) in [6.07, 6.45) is 2.05. The Morgan fingerprint density at radius 3 is 2.85 bits per heavy atom. The molecule has 0 radical (unpaired) electrons. The SMILES string of the molecule is CCNc1cc(C)nc(CSC)n1. The summed E-state index contributed by atoms with van der Waals surface area (Å²) < 4.78 is 0. The highest BCUT2D eigenvalue weighted by Crippen LogP contribution is 2.09. The number of aromatic nitrogens is 2. The zero-order chi connectivity index (χ0) is 9.68. The van der Waals surface area contributed by atoms with Crippen LogP contribution in [0.3, 0.4) is 0 Å². The third-order valence-corrected chi connectivity index (χ3v) is 2.08. The van der Waals surface area contributed by atoms with Gasteiger partial charge in [-0.15, -0.1) is 0 Å². The van der Waals surface area contributed by atoms with Crippen molar-refractivity contribution in [3.05, 3.63) is 17.6 Å². The highest BCUT2D eigenvalue weighted by atomic mass is 32.2. The predicted octanol–water partition coefficient (Wildman–Crippen LogP) is 2.08. The first kappa shape index (κ1) is 10.3. The molecule has 0 saturated heterocycles. The highest BCUT2D eigenvalue weighted by Gasteiger charge is 1.99. The smallest absolute Gasteiger partial charge is 0.140 e. The Bertz CT molecular complexity index is 251. The van der Waals surface area contributed by atoms with Crippen LogP contribution in [-0.4, -0.2) is 22.8 Å². The Kier molecular flexibility index (Phi) is 4.02. The molecule has 0 amide bonds. The Balaban J connectivity index is 2.83. The van der Waals surface area contributed by atoms with Gasteiger partial charge in [0, 0.05) is 18.3 Å². The molecule has 0 bridgehead atoms. The topological polar surface area (TPSA) is 37.8 Å². The first-order valence-electron chi connectivity index (χ1n) is 4.33. The van der Waals surface area contributed by atoms with Crippen molar-refractivity contribution in [2.75, 3.05) is 18.1 Å². The second-order valence-electron chi connectivity index (χ2n) is 2.77. The summed E-state index contributed by atoms with van der Waals surface area (Å²) in [6.45, 7) is 4.95. The standard InChI is InChI=1S/C9H15N3S/c1-4-10-8-5-7(2)11-9(12-8)6-13-3/h5H,4,6H2,1-3H3,(H,10,11,12). The van der Waals surface area contributed by atoms with Gasteiger partial charge in [0.05, 0.1) is 5.75 Å². The summed E-state index contributed by atoms with van der Waals surface area (Å²) in [5.41, 5.74) is 1.02. The number of hydrogen-bond donors (Lipinski definition) is 1. The largest absolute Gasteiger partial charge is 0.370 e. The van der Waals surface area contributed by atoms with E-state index in [2.05, 4.69) is 28.5 Å². The fourth-order valence-corrected chi connectivity index (χ4v) is 1.48. The van der Waals surface area contributed by atoms with E-state index in [-0.39, 0.29) is 0 Å². The Hall–Kier alpha value is -0.770. The fourth-order valence-electron chi connectivity index (χ4n) is 1.10. The van der Waals surface area contributed by atoms with E-state index >= 15 is 0 Å². The second kappa shape index (κ2) is 5.07. The molecular weight excluding hydrogens is 182 g/mol. The lowest BCUT2D eigenvalue weighted by atomic mass is 10.4. The third kappa shape index (κ3) is 3.22. The van der Waals surface area contributed by atoms with Gasteiger partial charge in [-0.25, -0.2) is 9.97 Å². The van der Waals surface area contributed by atoms with Crippen LogP contribution in [0.1, 0.15) is 18.4 Å². The number of nitrogens with zero attached hydrogens (tertiary/aromatic N) is 2. The van der Waals surface area contributed by atoms with Crippen LogP contribution >= 0.6 is 11.8 Å². The quantitative estimate of drug-likeness (QED) is 0.802. The molecule has 1 heterocycles. The zero-order valence-corrected chi connectivity index (χ0v) is 9.11. The average molecular weight is 197 g/mol. The Morgan fingerprint density at radius 2 is 2.23 bits per heavy atom. The van der Waals surface area contributed by atoms with Crippen molar-refractivity contribution in [3.63, 3.8) is 0 Å². The average Bonchev–Trinajstić information content (AvgIpc) is 2.04. The van der Waals surface area contributed by atoms with Gasteiger partial charge in [0.2, 0.25) is 0 Å². The second-order valence-corrected chi connectivity index (χ2v) is 3.64. The van der Waals surface area contributed by atoms with Gasteiger partial charge in [0.1, 0.15) is 11.6 Å². The lowest BCUT2D eigenvalue weighted by molar-refractivity contribution is 0.987. The minimum absolute atomic E-state index is 0.875. The summed E-state index contributed by atoms with van der Waals surface area (Å²) in [7, 11) is 0. The molecule has 0 aromatic carbocycles. The van der Waals surface area contributed by atoms with Crippen molar-refractivity contribution >= 4 is 17.6 Å². The van der Waals surface area contributed by atoms with Gasteiger partial charge in [-0.1, -0.05) is 0 Å². The maximum Gasteiger partial charge on any atom is 0.140 e. The van der Waals surface area contributed by atoms with E-state index in [4.69, 9.17) is 0 Å². The van der Waals surface area contributed by atoms with Gasteiger partial charge < -0.3 is 5.32 Å². The molecule has 0 aliphatic heterocycles. The van der Waals surface area contributed by atoms with Crippen LogP contribution < -0.4 is 5.32 Å². The Morgan fingerprint density at radius 1 is 1.46 bits per heavy atom. The monoisotopic (exact) mass is 197 g/mol. The van der Waals surface area contributed by atoms with Gasteiger partial charge in [-0.05, 0) is 20.1 Å². The van der Waals surface area contributed by atoms with Crippen molar-refractivity contribution in [2.24, 2.45) is 0 Å². The van der Waals surface area contributed by atoms with Gasteiger partial charge in [0.15, 0.2) is 0 Å². The molecular formula is C9H15N3S. The van der Waals surface area contributed by atoms with Crippen molar-refractivity contribution in [2.45, 2.75) is 19.6 Å². The minimum Gasteiger partial charge on any atom is -0.370 e. The van der Waals surface area contributed by atoms with Gasteiger partial charge in [-0.2, -0.15) is 11.8 Å². The highest BCUT2D eigenvalue weighted by molar-refractivity contribution is 7.97. The van der Waals surface area contributed by atoms with Crippen LogP contribution in [-0.2, 0) is 5.75 Å². The number of aryl methyl sites for hydroxylation is 1. The normalized spacial score (nSPS) is 10.1. The van der Waals surface area contributed by atoms with Crippen LogP contribution in [0.4, 0.5) is 5.82 Å².